The molecule has 1 fully saturated rings. The first-order chi connectivity index (χ1) is 11.6. The molecule has 1 heterocycles. The first-order valence-corrected chi connectivity index (χ1v) is 8.60. The Morgan fingerprint density at radius 2 is 1.71 bits per heavy atom. The van der Waals surface area contributed by atoms with Crippen molar-refractivity contribution in [3.8, 4) is 0 Å². The van der Waals surface area contributed by atoms with Gasteiger partial charge in [0.25, 0.3) is 0 Å². The van der Waals surface area contributed by atoms with Crippen molar-refractivity contribution >= 4 is 34.3 Å². The molecule has 1 aliphatic rings. The van der Waals surface area contributed by atoms with E-state index in [1.54, 1.807) is 35.2 Å². The second kappa shape index (κ2) is 7.01. The number of carbonyl (C=O) groups excluding carboxylic acids is 3. The van der Waals surface area contributed by atoms with Crippen LogP contribution < -0.4 is 4.90 Å². The topological polar surface area (TPSA) is 54.5 Å². The van der Waals surface area contributed by atoms with E-state index in [1.807, 2.05) is 24.3 Å². The van der Waals surface area contributed by atoms with E-state index < -0.39 is 0 Å². The number of anilines is 1. The summed E-state index contributed by atoms with van der Waals surface area (Å²) < 4.78 is 0. The van der Waals surface area contributed by atoms with Crippen molar-refractivity contribution in [2.45, 2.75) is 18.6 Å². The first-order valence-electron chi connectivity index (χ1n) is 7.72. The second-order valence-corrected chi connectivity index (χ2v) is 7.13. The van der Waals surface area contributed by atoms with Gasteiger partial charge in [-0.1, -0.05) is 54.2 Å². The fourth-order valence-corrected chi connectivity index (χ4v) is 3.79. The van der Waals surface area contributed by atoms with Gasteiger partial charge in [-0.05, 0) is 12.1 Å². The van der Waals surface area contributed by atoms with Crippen LogP contribution in [0.2, 0.25) is 0 Å². The van der Waals surface area contributed by atoms with E-state index in [9.17, 15) is 14.4 Å². The van der Waals surface area contributed by atoms with E-state index in [4.69, 9.17) is 0 Å². The van der Waals surface area contributed by atoms with E-state index in [1.165, 1.54) is 18.7 Å². The molecule has 1 saturated heterocycles. The summed E-state index contributed by atoms with van der Waals surface area (Å²) in [4.78, 5) is 38.1. The Balaban J connectivity index is 1.91. The third-order valence-corrected chi connectivity index (χ3v) is 4.88. The minimum absolute atomic E-state index is 0.00305. The number of para-hydroxylation sites is 1. The van der Waals surface area contributed by atoms with Gasteiger partial charge in [-0.15, -0.1) is 0 Å². The van der Waals surface area contributed by atoms with Crippen molar-refractivity contribution in [1.82, 2.24) is 0 Å². The van der Waals surface area contributed by atoms with Crippen LogP contribution in [0.5, 0.6) is 0 Å². The van der Waals surface area contributed by atoms with Gasteiger partial charge in [-0.2, -0.15) is 0 Å². The summed E-state index contributed by atoms with van der Waals surface area (Å²) in [5, 5.41) is -0.0572. The lowest BCUT2D eigenvalue weighted by Crippen LogP contribution is -2.27. The smallest absolute Gasteiger partial charge is 0.228 e. The molecule has 0 bridgehead atoms. The summed E-state index contributed by atoms with van der Waals surface area (Å²) >= 11 is 1.19. The van der Waals surface area contributed by atoms with E-state index >= 15 is 0 Å². The molecule has 0 N–H and O–H groups in total. The van der Waals surface area contributed by atoms with Gasteiger partial charge in [-0.3, -0.25) is 14.4 Å². The van der Waals surface area contributed by atoms with Crippen molar-refractivity contribution in [2.24, 2.45) is 0 Å². The second-order valence-electron chi connectivity index (χ2n) is 5.65. The Bertz CT molecular complexity index is 788. The molecule has 0 saturated carbocycles. The van der Waals surface area contributed by atoms with E-state index in [2.05, 4.69) is 0 Å². The van der Waals surface area contributed by atoms with Crippen LogP contribution >= 0.6 is 11.8 Å². The van der Waals surface area contributed by atoms with Crippen LogP contribution in [-0.4, -0.2) is 28.6 Å². The Kier molecular flexibility index (Phi) is 4.81. The number of benzene rings is 2. The summed E-state index contributed by atoms with van der Waals surface area (Å²) in [6.07, 6.45) is 0.318. The van der Waals surface area contributed by atoms with E-state index in [0.717, 1.165) is 0 Å². The van der Waals surface area contributed by atoms with Crippen LogP contribution in [0.3, 0.4) is 0 Å². The Hall–Kier alpha value is -2.40. The molecule has 0 spiro atoms. The molecular weight excluding hydrogens is 322 g/mol. The highest BCUT2D eigenvalue weighted by molar-refractivity contribution is 8.14. The predicted octanol–water partition coefficient (Wildman–Crippen LogP) is 3.30. The lowest BCUT2D eigenvalue weighted by atomic mass is 10.0. The molecule has 122 valence electrons. The normalized spacial score (nSPS) is 17.1. The van der Waals surface area contributed by atoms with Gasteiger partial charge in [0.1, 0.15) is 0 Å². The molecule has 1 aliphatic heterocycles. The van der Waals surface area contributed by atoms with Gasteiger partial charge >= 0.3 is 0 Å². The average Bonchev–Trinajstić information content (AvgIpc) is 2.94. The van der Waals surface area contributed by atoms with Gasteiger partial charge in [-0.25, -0.2) is 0 Å². The monoisotopic (exact) mass is 339 g/mol. The summed E-state index contributed by atoms with van der Waals surface area (Å²) in [5.41, 5.74) is 1.71. The summed E-state index contributed by atoms with van der Waals surface area (Å²) in [6.45, 7) is 1.95. The van der Waals surface area contributed by atoms with Crippen molar-refractivity contribution in [3.05, 3.63) is 65.7 Å². The molecule has 1 unspecified atom stereocenters. The number of carbonyl (C=O) groups is 3. The number of hydrogen-bond acceptors (Lipinski definition) is 4. The number of hydrogen-bond donors (Lipinski definition) is 0. The minimum Gasteiger partial charge on any atom is -0.311 e. The molecule has 0 aliphatic carbocycles. The summed E-state index contributed by atoms with van der Waals surface area (Å²) in [6, 6.07) is 16.2. The van der Waals surface area contributed by atoms with Crippen LogP contribution in [0.25, 0.3) is 0 Å². The molecular formula is C19H17NO3S. The number of ketones is 1. The zero-order chi connectivity index (χ0) is 17.1. The van der Waals surface area contributed by atoms with Crippen LogP contribution in [-0.2, 0) is 9.59 Å². The van der Waals surface area contributed by atoms with Crippen molar-refractivity contribution in [2.75, 3.05) is 11.4 Å². The van der Waals surface area contributed by atoms with Crippen molar-refractivity contribution < 1.29 is 14.4 Å². The fraction of sp³-hybridized carbons (Fsp3) is 0.211. The van der Waals surface area contributed by atoms with Gasteiger partial charge in [0, 0.05) is 36.3 Å². The van der Waals surface area contributed by atoms with Crippen LogP contribution in [0, 0.1) is 0 Å². The number of rotatable bonds is 4. The molecule has 0 aromatic heterocycles. The molecule has 0 radical (unpaired) electrons. The van der Waals surface area contributed by atoms with Gasteiger partial charge in [0.15, 0.2) is 10.9 Å². The third kappa shape index (κ3) is 3.41. The van der Waals surface area contributed by atoms with E-state index in [0.29, 0.717) is 29.8 Å². The Morgan fingerprint density at radius 3 is 2.42 bits per heavy atom. The molecule has 2 aromatic rings. The molecule has 4 nitrogen and oxygen atoms in total. The molecule has 1 amide bonds. The zero-order valence-electron chi connectivity index (χ0n) is 13.3. The van der Waals surface area contributed by atoms with Gasteiger partial charge in [0.05, 0.1) is 5.69 Å². The third-order valence-electron chi connectivity index (χ3n) is 3.90. The quantitative estimate of drug-likeness (QED) is 0.802. The standard InChI is InChI=1S/C19H17NO3S/c1-13(21)24-15-11-18(22)20(12-15)17-10-6-5-9-16(17)19(23)14-7-3-2-4-8-14/h2-10,15H,11-12H2,1H3. The van der Waals surface area contributed by atoms with Crippen LogP contribution in [0.15, 0.2) is 54.6 Å². The van der Waals surface area contributed by atoms with Crippen LogP contribution in [0.1, 0.15) is 29.3 Å². The highest BCUT2D eigenvalue weighted by atomic mass is 32.2. The van der Waals surface area contributed by atoms with Crippen LogP contribution in [0.4, 0.5) is 5.69 Å². The summed E-state index contributed by atoms with van der Waals surface area (Å²) in [7, 11) is 0. The van der Waals surface area contributed by atoms with Gasteiger partial charge in [0.2, 0.25) is 5.91 Å². The molecule has 24 heavy (non-hydrogen) atoms. The highest BCUT2D eigenvalue weighted by Crippen LogP contribution is 2.31. The maximum Gasteiger partial charge on any atom is 0.228 e. The number of thioether (sulfide) groups is 1. The van der Waals surface area contributed by atoms with Crippen molar-refractivity contribution in [1.29, 1.82) is 0 Å². The maximum absolute atomic E-state index is 12.8. The minimum atomic E-state index is -0.110. The average molecular weight is 339 g/mol. The lowest BCUT2D eigenvalue weighted by Gasteiger charge is -2.19. The Labute approximate surface area is 144 Å². The maximum atomic E-state index is 12.8. The predicted molar refractivity (Wildman–Crippen MR) is 95.3 cm³/mol. The SMILES string of the molecule is CC(=O)SC1CC(=O)N(c2ccccc2C(=O)c2ccccc2)C1. The molecule has 5 heteroatoms. The fourth-order valence-electron chi connectivity index (χ4n) is 2.87. The molecule has 1 atom stereocenters. The highest BCUT2D eigenvalue weighted by Gasteiger charge is 2.33. The summed E-state index contributed by atoms with van der Waals surface area (Å²) in [5.74, 6) is -0.163. The largest absolute Gasteiger partial charge is 0.311 e. The van der Waals surface area contributed by atoms with Crippen molar-refractivity contribution in [3.63, 3.8) is 0 Å². The zero-order valence-corrected chi connectivity index (χ0v) is 14.1. The lowest BCUT2D eigenvalue weighted by molar-refractivity contribution is -0.117. The molecule has 2 aromatic carbocycles. The first kappa shape index (κ1) is 16.5. The van der Waals surface area contributed by atoms with Gasteiger partial charge < -0.3 is 4.90 Å². The van der Waals surface area contributed by atoms with E-state index in [-0.39, 0.29) is 22.1 Å². The number of amides is 1. The number of nitrogens with zero attached hydrogens (tertiary/aromatic N) is 1. The Morgan fingerprint density at radius 1 is 1.04 bits per heavy atom. The molecule has 3 rings (SSSR count).